The maximum atomic E-state index is 12.1. The molecule has 1 heterocycles. The smallest absolute Gasteiger partial charge is 0.222 e. The van der Waals surface area contributed by atoms with E-state index in [0.717, 1.165) is 45.3 Å². The van der Waals surface area contributed by atoms with E-state index in [9.17, 15) is 4.79 Å². The molecule has 0 unspecified atom stereocenters. The molecule has 0 aromatic rings. The molecular formula is C15H30N2O. The SMILES string of the molecule is CCCN(CCC)C(=O)CCCN1CCCCC1. The molecule has 0 spiro atoms. The molecule has 18 heavy (non-hydrogen) atoms. The molecule has 3 nitrogen and oxygen atoms in total. The lowest BCUT2D eigenvalue weighted by atomic mass is 10.1. The maximum absolute atomic E-state index is 12.1. The van der Waals surface area contributed by atoms with Gasteiger partial charge in [0.2, 0.25) is 5.91 Å². The molecule has 1 saturated heterocycles. The lowest BCUT2D eigenvalue weighted by Gasteiger charge is -2.27. The van der Waals surface area contributed by atoms with Crippen LogP contribution in [0.15, 0.2) is 0 Å². The number of piperidine rings is 1. The van der Waals surface area contributed by atoms with Gasteiger partial charge < -0.3 is 9.80 Å². The Bertz CT molecular complexity index is 219. The Balaban J connectivity index is 2.17. The van der Waals surface area contributed by atoms with Crippen molar-refractivity contribution in [3.05, 3.63) is 0 Å². The van der Waals surface area contributed by atoms with Crippen LogP contribution in [0.3, 0.4) is 0 Å². The average Bonchev–Trinajstić information content (AvgIpc) is 2.39. The minimum Gasteiger partial charge on any atom is -0.343 e. The summed E-state index contributed by atoms with van der Waals surface area (Å²) < 4.78 is 0. The second-order valence-corrected chi connectivity index (χ2v) is 5.39. The number of nitrogens with zero attached hydrogens (tertiary/aromatic N) is 2. The van der Waals surface area contributed by atoms with E-state index in [4.69, 9.17) is 0 Å². The first-order chi connectivity index (χ1) is 8.77. The van der Waals surface area contributed by atoms with Gasteiger partial charge in [0.25, 0.3) is 0 Å². The van der Waals surface area contributed by atoms with Crippen LogP contribution in [0.1, 0.15) is 58.8 Å². The first-order valence-electron chi connectivity index (χ1n) is 7.78. The minimum atomic E-state index is 0.357. The number of carbonyl (C=O) groups is 1. The summed E-state index contributed by atoms with van der Waals surface area (Å²) in [5.41, 5.74) is 0. The zero-order valence-electron chi connectivity index (χ0n) is 12.3. The van der Waals surface area contributed by atoms with Crippen molar-refractivity contribution >= 4 is 5.91 Å². The lowest BCUT2D eigenvalue weighted by Crippen LogP contribution is -2.34. The predicted octanol–water partition coefficient (Wildman–Crippen LogP) is 2.90. The summed E-state index contributed by atoms with van der Waals surface area (Å²) in [7, 11) is 0. The zero-order valence-corrected chi connectivity index (χ0v) is 12.3. The van der Waals surface area contributed by atoms with Gasteiger partial charge in [-0.25, -0.2) is 0 Å². The fourth-order valence-electron chi connectivity index (χ4n) is 2.70. The zero-order chi connectivity index (χ0) is 13.2. The third kappa shape index (κ3) is 5.85. The third-order valence-electron chi connectivity index (χ3n) is 3.65. The molecule has 0 aliphatic carbocycles. The van der Waals surface area contributed by atoms with Gasteiger partial charge in [-0.15, -0.1) is 0 Å². The van der Waals surface area contributed by atoms with E-state index in [0.29, 0.717) is 5.91 Å². The van der Waals surface area contributed by atoms with Crippen LogP contribution in [-0.4, -0.2) is 48.4 Å². The van der Waals surface area contributed by atoms with Gasteiger partial charge in [-0.05, 0) is 51.7 Å². The minimum absolute atomic E-state index is 0.357. The monoisotopic (exact) mass is 254 g/mol. The summed E-state index contributed by atoms with van der Waals surface area (Å²) in [5.74, 6) is 0.357. The van der Waals surface area contributed by atoms with Crippen molar-refractivity contribution in [1.82, 2.24) is 9.80 Å². The van der Waals surface area contributed by atoms with Crippen LogP contribution in [-0.2, 0) is 4.79 Å². The highest BCUT2D eigenvalue weighted by Gasteiger charge is 2.13. The summed E-state index contributed by atoms with van der Waals surface area (Å²) in [4.78, 5) is 16.6. The normalized spacial score (nSPS) is 16.8. The van der Waals surface area contributed by atoms with Crippen LogP contribution < -0.4 is 0 Å². The van der Waals surface area contributed by atoms with Crippen LogP contribution >= 0.6 is 0 Å². The quantitative estimate of drug-likeness (QED) is 0.665. The molecule has 0 aromatic heterocycles. The van der Waals surface area contributed by atoms with Crippen LogP contribution in [0.25, 0.3) is 0 Å². The number of amides is 1. The van der Waals surface area contributed by atoms with E-state index in [2.05, 4.69) is 18.7 Å². The Hall–Kier alpha value is -0.570. The van der Waals surface area contributed by atoms with Gasteiger partial charge in [0.1, 0.15) is 0 Å². The van der Waals surface area contributed by atoms with Crippen molar-refractivity contribution in [2.75, 3.05) is 32.7 Å². The molecule has 0 atom stereocenters. The third-order valence-corrected chi connectivity index (χ3v) is 3.65. The van der Waals surface area contributed by atoms with Gasteiger partial charge in [-0.2, -0.15) is 0 Å². The van der Waals surface area contributed by atoms with E-state index < -0.39 is 0 Å². The summed E-state index contributed by atoms with van der Waals surface area (Å²) in [6.07, 6.45) is 7.96. The largest absolute Gasteiger partial charge is 0.343 e. The first-order valence-corrected chi connectivity index (χ1v) is 7.78. The maximum Gasteiger partial charge on any atom is 0.222 e. The first kappa shape index (κ1) is 15.5. The Kier molecular flexibility index (Phi) is 8.06. The van der Waals surface area contributed by atoms with Crippen LogP contribution in [0.2, 0.25) is 0 Å². The van der Waals surface area contributed by atoms with Crippen molar-refractivity contribution in [1.29, 1.82) is 0 Å². The van der Waals surface area contributed by atoms with Crippen molar-refractivity contribution in [3.8, 4) is 0 Å². The number of hydrogen-bond acceptors (Lipinski definition) is 2. The Labute approximate surface area is 113 Å². The number of rotatable bonds is 8. The molecule has 1 amide bonds. The standard InChI is InChI=1S/C15H30N2O/c1-3-10-17(11-4-2)15(18)9-8-14-16-12-6-5-7-13-16/h3-14H2,1-2H3. The molecule has 0 saturated carbocycles. The molecule has 106 valence electrons. The molecule has 0 aromatic carbocycles. The van der Waals surface area contributed by atoms with E-state index >= 15 is 0 Å². The Morgan fingerprint density at radius 3 is 2.22 bits per heavy atom. The molecule has 1 aliphatic heterocycles. The van der Waals surface area contributed by atoms with Gasteiger partial charge >= 0.3 is 0 Å². The molecule has 1 fully saturated rings. The molecule has 0 N–H and O–H groups in total. The van der Waals surface area contributed by atoms with Crippen molar-refractivity contribution in [2.45, 2.75) is 58.8 Å². The van der Waals surface area contributed by atoms with E-state index in [1.807, 2.05) is 4.90 Å². The Morgan fingerprint density at radius 2 is 1.67 bits per heavy atom. The summed E-state index contributed by atoms with van der Waals surface area (Å²) in [6, 6.07) is 0. The van der Waals surface area contributed by atoms with E-state index in [1.165, 1.54) is 32.4 Å². The number of hydrogen-bond donors (Lipinski definition) is 0. The Morgan fingerprint density at radius 1 is 1.06 bits per heavy atom. The van der Waals surface area contributed by atoms with Gasteiger partial charge in [0.15, 0.2) is 0 Å². The highest BCUT2D eigenvalue weighted by molar-refractivity contribution is 5.76. The topological polar surface area (TPSA) is 23.6 Å². The molecule has 1 aliphatic rings. The summed E-state index contributed by atoms with van der Waals surface area (Å²) in [6.45, 7) is 9.72. The second kappa shape index (κ2) is 9.37. The molecular weight excluding hydrogens is 224 g/mol. The molecule has 0 bridgehead atoms. The number of carbonyl (C=O) groups excluding carboxylic acids is 1. The van der Waals surface area contributed by atoms with E-state index in [1.54, 1.807) is 0 Å². The molecule has 3 heteroatoms. The van der Waals surface area contributed by atoms with Crippen molar-refractivity contribution in [2.24, 2.45) is 0 Å². The highest BCUT2D eigenvalue weighted by atomic mass is 16.2. The van der Waals surface area contributed by atoms with Gasteiger partial charge in [-0.3, -0.25) is 4.79 Å². The molecule has 0 radical (unpaired) electrons. The van der Waals surface area contributed by atoms with Crippen molar-refractivity contribution in [3.63, 3.8) is 0 Å². The van der Waals surface area contributed by atoms with Gasteiger partial charge in [0.05, 0.1) is 0 Å². The predicted molar refractivity (Wildman–Crippen MR) is 76.7 cm³/mol. The van der Waals surface area contributed by atoms with Crippen LogP contribution in [0.5, 0.6) is 0 Å². The fourth-order valence-corrected chi connectivity index (χ4v) is 2.70. The summed E-state index contributed by atoms with van der Waals surface area (Å²) in [5, 5.41) is 0. The summed E-state index contributed by atoms with van der Waals surface area (Å²) >= 11 is 0. The second-order valence-electron chi connectivity index (χ2n) is 5.39. The van der Waals surface area contributed by atoms with Gasteiger partial charge in [0, 0.05) is 19.5 Å². The van der Waals surface area contributed by atoms with Crippen LogP contribution in [0, 0.1) is 0 Å². The number of likely N-dealkylation sites (tertiary alicyclic amines) is 1. The van der Waals surface area contributed by atoms with E-state index in [-0.39, 0.29) is 0 Å². The van der Waals surface area contributed by atoms with Crippen LogP contribution in [0.4, 0.5) is 0 Å². The fraction of sp³-hybridized carbons (Fsp3) is 0.933. The molecule has 1 rings (SSSR count). The highest BCUT2D eigenvalue weighted by Crippen LogP contribution is 2.10. The lowest BCUT2D eigenvalue weighted by molar-refractivity contribution is -0.131. The van der Waals surface area contributed by atoms with Gasteiger partial charge in [-0.1, -0.05) is 20.3 Å². The van der Waals surface area contributed by atoms with Crippen molar-refractivity contribution < 1.29 is 4.79 Å². The average molecular weight is 254 g/mol.